The number of nitrogens with one attached hydrogen (secondary N) is 1. The van der Waals surface area contributed by atoms with Crippen molar-refractivity contribution in [1.82, 2.24) is 10.3 Å². The second-order valence-corrected chi connectivity index (χ2v) is 5.87. The van der Waals surface area contributed by atoms with Gasteiger partial charge in [-0.25, -0.2) is 4.98 Å². The van der Waals surface area contributed by atoms with E-state index in [2.05, 4.69) is 28.5 Å². The Morgan fingerprint density at radius 3 is 3.05 bits per heavy atom. The quantitative estimate of drug-likeness (QED) is 0.916. The lowest BCUT2D eigenvalue weighted by Gasteiger charge is -2.43. The number of fused-ring (bicyclic) bond motifs is 1. The Kier molecular flexibility index (Phi) is 2.60. The molecule has 4 rings (SSSR count). The average molecular weight is 258 g/mol. The molecule has 19 heavy (non-hydrogen) atoms. The summed E-state index contributed by atoms with van der Waals surface area (Å²) in [4.78, 5) is 4.18. The van der Waals surface area contributed by atoms with Crippen molar-refractivity contribution < 1.29 is 9.15 Å². The van der Waals surface area contributed by atoms with Crippen molar-refractivity contribution in [2.45, 2.75) is 18.3 Å². The van der Waals surface area contributed by atoms with Crippen molar-refractivity contribution >= 4 is 11.1 Å². The normalized spacial score (nSPS) is 25.6. The van der Waals surface area contributed by atoms with Crippen LogP contribution in [0.5, 0.6) is 0 Å². The summed E-state index contributed by atoms with van der Waals surface area (Å²) < 4.78 is 11.0. The molecule has 4 heteroatoms. The maximum absolute atomic E-state index is 5.53. The molecule has 0 aliphatic carbocycles. The average Bonchev–Trinajstić information content (AvgIpc) is 3.04. The number of oxazole rings is 1. The molecular formula is C15H18N2O2. The van der Waals surface area contributed by atoms with Gasteiger partial charge in [-0.2, -0.15) is 0 Å². The number of ether oxygens (including phenoxy) is 1. The molecule has 1 unspecified atom stereocenters. The van der Waals surface area contributed by atoms with E-state index in [9.17, 15) is 0 Å². The first-order valence-corrected chi connectivity index (χ1v) is 6.98. The summed E-state index contributed by atoms with van der Waals surface area (Å²) in [6.45, 7) is 3.97. The molecule has 1 aromatic heterocycles. The fraction of sp³-hybridized carbons (Fsp3) is 0.533. The van der Waals surface area contributed by atoms with E-state index in [0.717, 1.165) is 43.3 Å². The van der Waals surface area contributed by atoms with Gasteiger partial charge in [-0.3, -0.25) is 0 Å². The smallest absolute Gasteiger partial charge is 0.181 e. The third-order valence-electron chi connectivity index (χ3n) is 4.54. The highest BCUT2D eigenvalue weighted by atomic mass is 16.5. The van der Waals surface area contributed by atoms with Crippen LogP contribution in [0.25, 0.3) is 11.1 Å². The van der Waals surface area contributed by atoms with Gasteiger partial charge in [-0.15, -0.1) is 0 Å². The third-order valence-corrected chi connectivity index (χ3v) is 4.54. The van der Waals surface area contributed by atoms with Gasteiger partial charge in [0.15, 0.2) is 12.0 Å². The summed E-state index contributed by atoms with van der Waals surface area (Å²) in [5, 5.41) is 3.45. The number of benzene rings is 1. The fourth-order valence-electron chi connectivity index (χ4n) is 3.38. The van der Waals surface area contributed by atoms with E-state index in [1.807, 2.05) is 0 Å². The summed E-state index contributed by atoms with van der Waals surface area (Å²) >= 11 is 0. The molecular weight excluding hydrogens is 240 g/mol. The number of rotatable bonds is 3. The lowest BCUT2D eigenvalue weighted by atomic mass is 9.72. The van der Waals surface area contributed by atoms with Gasteiger partial charge in [0, 0.05) is 5.41 Å². The molecule has 0 spiro atoms. The van der Waals surface area contributed by atoms with Gasteiger partial charge < -0.3 is 14.5 Å². The molecule has 0 amide bonds. The number of hydrogen-bond acceptors (Lipinski definition) is 4. The molecule has 4 nitrogen and oxygen atoms in total. The Morgan fingerprint density at radius 2 is 2.32 bits per heavy atom. The number of aromatic nitrogens is 1. The highest BCUT2D eigenvalue weighted by Crippen LogP contribution is 2.40. The lowest BCUT2D eigenvalue weighted by molar-refractivity contribution is -0.0705. The zero-order valence-electron chi connectivity index (χ0n) is 10.9. The van der Waals surface area contributed by atoms with Gasteiger partial charge in [0.25, 0.3) is 0 Å². The summed E-state index contributed by atoms with van der Waals surface area (Å²) in [7, 11) is 0. The fourth-order valence-corrected chi connectivity index (χ4v) is 3.38. The molecule has 2 aliphatic rings. The maximum Gasteiger partial charge on any atom is 0.181 e. The molecule has 0 bridgehead atoms. The van der Waals surface area contributed by atoms with E-state index < -0.39 is 0 Å². The highest BCUT2D eigenvalue weighted by Gasteiger charge is 2.42. The van der Waals surface area contributed by atoms with Gasteiger partial charge >= 0.3 is 0 Å². The van der Waals surface area contributed by atoms with Crippen LogP contribution in [0, 0.1) is 5.92 Å². The molecule has 3 heterocycles. The van der Waals surface area contributed by atoms with Gasteiger partial charge in [0.05, 0.1) is 13.2 Å². The first kappa shape index (κ1) is 11.4. The van der Waals surface area contributed by atoms with Crippen LogP contribution in [0.4, 0.5) is 0 Å². The van der Waals surface area contributed by atoms with E-state index in [4.69, 9.17) is 9.15 Å². The van der Waals surface area contributed by atoms with Crippen molar-refractivity contribution in [3.63, 3.8) is 0 Å². The van der Waals surface area contributed by atoms with Crippen molar-refractivity contribution in [1.29, 1.82) is 0 Å². The Bertz CT molecular complexity index is 583. The molecule has 1 aromatic carbocycles. The second-order valence-electron chi connectivity index (χ2n) is 5.87. The third kappa shape index (κ3) is 1.86. The predicted molar refractivity (Wildman–Crippen MR) is 72.1 cm³/mol. The van der Waals surface area contributed by atoms with Crippen LogP contribution >= 0.6 is 0 Å². The van der Waals surface area contributed by atoms with Crippen LogP contribution < -0.4 is 5.32 Å². The largest absolute Gasteiger partial charge is 0.443 e. The minimum absolute atomic E-state index is 0.192. The van der Waals surface area contributed by atoms with Crippen molar-refractivity contribution in [2.24, 2.45) is 5.92 Å². The van der Waals surface area contributed by atoms with Gasteiger partial charge in [-0.05, 0) is 49.5 Å². The van der Waals surface area contributed by atoms with Crippen LogP contribution in [-0.2, 0) is 10.2 Å². The summed E-state index contributed by atoms with van der Waals surface area (Å²) in [5.74, 6) is 0.773. The molecule has 100 valence electrons. The zero-order chi connectivity index (χ0) is 12.7. The SMILES string of the molecule is c1nc2ccc(C3(CC4CCNC4)COC3)cc2o1. The molecule has 1 N–H and O–H groups in total. The molecule has 2 aliphatic heterocycles. The van der Waals surface area contributed by atoms with Crippen molar-refractivity contribution in [2.75, 3.05) is 26.3 Å². The minimum Gasteiger partial charge on any atom is -0.443 e. The van der Waals surface area contributed by atoms with Gasteiger partial charge in [-0.1, -0.05) is 6.07 Å². The van der Waals surface area contributed by atoms with Crippen LogP contribution in [0.3, 0.4) is 0 Å². The van der Waals surface area contributed by atoms with Crippen molar-refractivity contribution in [3.05, 3.63) is 30.2 Å². The first-order chi connectivity index (χ1) is 9.36. The van der Waals surface area contributed by atoms with Gasteiger partial charge in [0.2, 0.25) is 0 Å². The molecule has 2 saturated heterocycles. The van der Waals surface area contributed by atoms with E-state index in [1.54, 1.807) is 0 Å². The van der Waals surface area contributed by atoms with Crippen LogP contribution in [0.2, 0.25) is 0 Å². The summed E-state index contributed by atoms with van der Waals surface area (Å²) in [5.41, 5.74) is 3.35. The van der Waals surface area contributed by atoms with Crippen molar-refractivity contribution in [3.8, 4) is 0 Å². The Hall–Kier alpha value is -1.39. The van der Waals surface area contributed by atoms with E-state index in [1.165, 1.54) is 24.8 Å². The standard InChI is InChI=1S/C15H18N2O2/c1-2-13-14(19-10-17-13)5-12(1)15(8-18-9-15)6-11-3-4-16-7-11/h1-2,5,10-11,16H,3-4,6-9H2. The van der Waals surface area contributed by atoms with E-state index in [-0.39, 0.29) is 5.41 Å². The highest BCUT2D eigenvalue weighted by molar-refractivity contribution is 5.73. The predicted octanol–water partition coefficient (Wildman–Crippen LogP) is 2.10. The molecule has 1 atom stereocenters. The zero-order valence-corrected chi connectivity index (χ0v) is 10.9. The van der Waals surface area contributed by atoms with Crippen LogP contribution in [0.1, 0.15) is 18.4 Å². The number of nitrogens with zero attached hydrogens (tertiary/aromatic N) is 1. The van der Waals surface area contributed by atoms with E-state index >= 15 is 0 Å². The Balaban J connectivity index is 1.66. The summed E-state index contributed by atoms with van der Waals surface area (Å²) in [6.07, 6.45) is 4.01. The van der Waals surface area contributed by atoms with Gasteiger partial charge in [0.1, 0.15) is 5.52 Å². The van der Waals surface area contributed by atoms with E-state index in [0.29, 0.717) is 0 Å². The van der Waals surface area contributed by atoms with Crippen LogP contribution in [-0.4, -0.2) is 31.3 Å². The van der Waals surface area contributed by atoms with Crippen LogP contribution in [0.15, 0.2) is 29.0 Å². The second kappa shape index (κ2) is 4.32. The molecule has 2 fully saturated rings. The summed E-state index contributed by atoms with van der Waals surface area (Å²) in [6, 6.07) is 6.39. The Morgan fingerprint density at radius 1 is 1.37 bits per heavy atom. The number of hydrogen-bond donors (Lipinski definition) is 1. The maximum atomic E-state index is 5.53. The Labute approximate surface area is 112 Å². The first-order valence-electron chi connectivity index (χ1n) is 6.98. The molecule has 0 radical (unpaired) electrons. The minimum atomic E-state index is 0.192. The monoisotopic (exact) mass is 258 g/mol. The topological polar surface area (TPSA) is 47.3 Å². The lowest BCUT2D eigenvalue weighted by Crippen LogP contribution is -2.48. The molecule has 0 saturated carbocycles. The molecule has 2 aromatic rings.